The van der Waals surface area contributed by atoms with Gasteiger partial charge in [-0.05, 0) is 17.7 Å². The lowest BCUT2D eigenvalue weighted by atomic mass is 10.1. The quantitative estimate of drug-likeness (QED) is 0.245. The Bertz CT molecular complexity index is 1100. The fraction of sp³-hybridized carbons (Fsp3) is 0.348. The number of anilines is 1. The minimum atomic E-state index is -0.435. The Morgan fingerprint density at radius 3 is 2.47 bits per heavy atom. The molecule has 3 rings (SSSR count). The van der Waals surface area contributed by atoms with Crippen molar-refractivity contribution in [3.05, 3.63) is 63.0 Å². The molecule has 0 aliphatic rings. The number of hydrogen-bond donors (Lipinski definition) is 3. The highest BCUT2D eigenvalue weighted by Gasteiger charge is 2.18. The van der Waals surface area contributed by atoms with Gasteiger partial charge in [-0.1, -0.05) is 18.2 Å². The van der Waals surface area contributed by atoms with Crippen LogP contribution in [0.15, 0.2) is 42.5 Å². The van der Waals surface area contributed by atoms with E-state index in [0.29, 0.717) is 54.1 Å². The molecule has 2 aromatic carbocycles. The maximum absolute atomic E-state index is 11.3. The van der Waals surface area contributed by atoms with Crippen molar-refractivity contribution in [1.82, 2.24) is 9.88 Å². The maximum atomic E-state index is 11.3. The van der Waals surface area contributed by atoms with E-state index in [1.165, 1.54) is 23.5 Å². The Labute approximate surface area is 201 Å². The number of ether oxygens (including phenoxy) is 2. The molecule has 0 bridgehead atoms. The maximum Gasteiger partial charge on any atom is 0.270 e. The predicted molar refractivity (Wildman–Crippen MR) is 131 cm³/mol. The third-order valence-electron chi connectivity index (χ3n) is 5.12. The van der Waals surface area contributed by atoms with Gasteiger partial charge in [0.2, 0.25) is 0 Å². The highest BCUT2D eigenvalue weighted by atomic mass is 32.1. The highest BCUT2D eigenvalue weighted by molar-refractivity contribution is 7.16. The molecule has 0 amide bonds. The van der Waals surface area contributed by atoms with Crippen molar-refractivity contribution in [2.45, 2.75) is 13.1 Å². The van der Waals surface area contributed by atoms with Gasteiger partial charge in [0.1, 0.15) is 0 Å². The van der Waals surface area contributed by atoms with Crippen LogP contribution in [-0.4, -0.2) is 65.5 Å². The molecule has 0 aliphatic carbocycles. The Morgan fingerprint density at radius 1 is 1.09 bits per heavy atom. The predicted octanol–water partition coefficient (Wildman–Crippen LogP) is 3.13. The largest absolute Gasteiger partial charge is 0.493 e. The number of nitro groups is 1. The molecule has 0 aliphatic heterocycles. The molecular weight excluding hydrogens is 460 g/mol. The molecule has 0 radical (unpaired) electrons. The number of methoxy groups -OCH3 is 2. The Morgan fingerprint density at radius 2 is 1.82 bits per heavy atom. The van der Waals surface area contributed by atoms with Crippen LogP contribution in [-0.2, 0) is 13.1 Å². The van der Waals surface area contributed by atoms with Crippen molar-refractivity contribution in [3.63, 3.8) is 0 Å². The monoisotopic (exact) mass is 488 g/mol. The number of hydrogen-bond acceptors (Lipinski definition) is 10. The van der Waals surface area contributed by atoms with Gasteiger partial charge in [-0.2, -0.15) is 0 Å². The normalized spacial score (nSPS) is 11.0. The number of nitrogens with zero attached hydrogens (tertiary/aromatic N) is 3. The summed E-state index contributed by atoms with van der Waals surface area (Å²) in [7, 11) is 3.16. The summed E-state index contributed by atoms with van der Waals surface area (Å²) in [6.07, 6.45) is 0. The van der Waals surface area contributed by atoms with Crippen molar-refractivity contribution in [2.24, 2.45) is 0 Å². The van der Waals surface area contributed by atoms with Crippen LogP contribution >= 0.6 is 11.3 Å². The molecule has 1 aromatic heterocycles. The Hall–Kier alpha value is -3.25. The average Bonchev–Trinajstić information content (AvgIpc) is 3.25. The number of nitrogens with one attached hydrogen (secondary N) is 1. The SMILES string of the molecule is COc1ccc(CNc2nc(-c3cccc([N+](=O)[O-])c3)c(CN(CCO)CCO)s2)cc1OC. The zero-order valence-corrected chi connectivity index (χ0v) is 19.9. The van der Waals surface area contributed by atoms with Gasteiger partial charge in [-0.3, -0.25) is 15.0 Å². The molecule has 34 heavy (non-hydrogen) atoms. The molecule has 1 heterocycles. The van der Waals surface area contributed by atoms with E-state index in [1.54, 1.807) is 26.4 Å². The summed E-state index contributed by atoms with van der Waals surface area (Å²) in [5.74, 6) is 1.27. The standard InChI is InChI=1S/C23H28N4O6S/c1-32-19-7-6-16(12-20(19)33-2)14-24-23-25-22(17-4-3-5-18(13-17)27(30)31)21(34-23)15-26(8-10-28)9-11-29/h3-7,12-13,28-29H,8-11,14-15H2,1-2H3,(H,24,25). The van der Waals surface area contributed by atoms with E-state index in [9.17, 15) is 20.3 Å². The second kappa shape index (κ2) is 12.3. The van der Waals surface area contributed by atoms with E-state index in [1.807, 2.05) is 23.1 Å². The molecule has 3 aromatic rings. The van der Waals surface area contributed by atoms with Gasteiger partial charge in [0.15, 0.2) is 16.6 Å². The van der Waals surface area contributed by atoms with Crippen LogP contribution < -0.4 is 14.8 Å². The van der Waals surface area contributed by atoms with Crippen molar-refractivity contribution >= 4 is 22.2 Å². The van der Waals surface area contributed by atoms with E-state index in [0.717, 1.165) is 10.4 Å². The molecule has 3 N–H and O–H groups in total. The zero-order valence-electron chi connectivity index (χ0n) is 19.1. The molecular formula is C23H28N4O6S. The molecule has 11 heteroatoms. The summed E-state index contributed by atoms with van der Waals surface area (Å²) in [6, 6.07) is 12.0. The summed E-state index contributed by atoms with van der Waals surface area (Å²) in [6.45, 7) is 1.61. The molecule has 182 valence electrons. The summed E-state index contributed by atoms with van der Waals surface area (Å²) in [5.41, 5.74) is 2.21. The first kappa shape index (κ1) is 25.4. The topological polar surface area (TPSA) is 130 Å². The van der Waals surface area contributed by atoms with Gasteiger partial charge in [0.05, 0.1) is 38.1 Å². The van der Waals surface area contributed by atoms with Gasteiger partial charge in [0.25, 0.3) is 5.69 Å². The molecule has 0 atom stereocenters. The van der Waals surface area contributed by atoms with Gasteiger partial charge in [0, 0.05) is 48.8 Å². The van der Waals surface area contributed by atoms with Crippen LogP contribution in [0.3, 0.4) is 0 Å². The molecule has 0 fully saturated rings. The van der Waals surface area contributed by atoms with Crippen LogP contribution in [0, 0.1) is 10.1 Å². The first-order valence-electron chi connectivity index (χ1n) is 10.6. The van der Waals surface area contributed by atoms with Crippen molar-refractivity contribution in [2.75, 3.05) is 45.8 Å². The fourth-order valence-corrected chi connectivity index (χ4v) is 4.47. The molecule has 10 nitrogen and oxygen atoms in total. The highest BCUT2D eigenvalue weighted by Crippen LogP contribution is 2.34. The van der Waals surface area contributed by atoms with E-state index in [-0.39, 0.29) is 18.9 Å². The second-order valence-corrected chi connectivity index (χ2v) is 8.45. The first-order valence-corrected chi connectivity index (χ1v) is 11.4. The summed E-state index contributed by atoms with van der Waals surface area (Å²) < 4.78 is 10.6. The second-order valence-electron chi connectivity index (χ2n) is 7.36. The van der Waals surface area contributed by atoms with E-state index >= 15 is 0 Å². The fourth-order valence-electron chi connectivity index (χ4n) is 3.45. The van der Waals surface area contributed by atoms with Gasteiger partial charge in [-0.25, -0.2) is 4.98 Å². The lowest BCUT2D eigenvalue weighted by molar-refractivity contribution is -0.384. The van der Waals surface area contributed by atoms with E-state index in [4.69, 9.17) is 14.5 Å². The zero-order chi connectivity index (χ0) is 24.5. The van der Waals surface area contributed by atoms with Gasteiger partial charge < -0.3 is 25.0 Å². The number of non-ortho nitro benzene ring substituents is 1. The minimum Gasteiger partial charge on any atom is -0.493 e. The molecule has 0 unspecified atom stereocenters. The summed E-state index contributed by atoms with van der Waals surface area (Å²) in [4.78, 5) is 18.3. The molecule has 0 saturated heterocycles. The number of thiazole rings is 1. The van der Waals surface area contributed by atoms with Crippen LogP contribution in [0.25, 0.3) is 11.3 Å². The minimum absolute atomic E-state index is 0.0149. The number of rotatable bonds is 13. The first-order chi connectivity index (χ1) is 16.5. The summed E-state index contributed by atoms with van der Waals surface area (Å²) >= 11 is 1.43. The number of aliphatic hydroxyl groups is 2. The van der Waals surface area contributed by atoms with E-state index < -0.39 is 4.92 Å². The number of nitro benzene ring substituents is 1. The third kappa shape index (κ3) is 6.41. The lowest BCUT2D eigenvalue weighted by Crippen LogP contribution is -2.29. The Balaban J connectivity index is 1.89. The number of benzene rings is 2. The van der Waals surface area contributed by atoms with Crippen molar-refractivity contribution in [3.8, 4) is 22.8 Å². The number of aliphatic hydroxyl groups excluding tert-OH is 2. The lowest BCUT2D eigenvalue weighted by Gasteiger charge is -2.19. The number of aromatic nitrogens is 1. The van der Waals surface area contributed by atoms with Crippen LogP contribution in [0.2, 0.25) is 0 Å². The third-order valence-corrected chi connectivity index (χ3v) is 6.12. The van der Waals surface area contributed by atoms with Gasteiger partial charge in [-0.15, -0.1) is 11.3 Å². The Kier molecular flexibility index (Phi) is 9.16. The average molecular weight is 489 g/mol. The van der Waals surface area contributed by atoms with Crippen molar-refractivity contribution < 1.29 is 24.6 Å². The molecule has 0 spiro atoms. The molecule has 0 saturated carbocycles. The van der Waals surface area contributed by atoms with Gasteiger partial charge >= 0.3 is 0 Å². The smallest absolute Gasteiger partial charge is 0.270 e. The van der Waals surface area contributed by atoms with Crippen molar-refractivity contribution in [1.29, 1.82) is 0 Å². The van der Waals surface area contributed by atoms with Crippen LogP contribution in [0.1, 0.15) is 10.4 Å². The summed E-state index contributed by atoms with van der Waals surface area (Å²) in [5, 5.41) is 34.0. The van der Waals surface area contributed by atoms with Crippen LogP contribution in [0.4, 0.5) is 10.8 Å². The van der Waals surface area contributed by atoms with Crippen LogP contribution in [0.5, 0.6) is 11.5 Å². The van der Waals surface area contributed by atoms with E-state index in [2.05, 4.69) is 5.32 Å².